The third kappa shape index (κ3) is 5.30. The van der Waals surface area contributed by atoms with Gasteiger partial charge in [0.2, 0.25) is 5.91 Å². The number of hydrogen-bond donors (Lipinski definition) is 1. The molecule has 1 saturated carbocycles. The molecule has 34 heavy (non-hydrogen) atoms. The molecule has 1 aliphatic carbocycles. The zero-order valence-corrected chi connectivity index (χ0v) is 19.3. The van der Waals surface area contributed by atoms with E-state index in [0.29, 0.717) is 5.56 Å². The predicted molar refractivity (Wildman–Crippen MR) is 127 cm³/mol. The van der Waals surface area contributed by atoms with Crippen molar-refractivity contribution in [2.24, 2.45) is 9.50 Å². The first-order valence-corrected chi connectivity index (χ1v) is 12.6. The van der Waals surface area contributed by atoms with E-state index in [9.17, 15) is 23.3 Å². The minimum absolute atomic E-state index is 0.0539. The molecule has 4 rings (SSSR count). The summed E-state index contributed by atoms with van der Waals surface area (Å²) in [5, 5.41) is 20.0. The fourth-order valence-corrected chi connectivity index (χ4v) is 5.35. The Hall–Kier alpha value is -3.60. The van der Waals surface area contributed by atoms with E-state index in [1.807, 2.05) is 0 Å². The molecule has 1 amide bonds. The number of fused-ring (bicyclic) bond motifs is 1. The number of nitro groups is 1. The van der Waals surface area contributed by atoms with Gasteiger partial charge in [-0.3, -0.25) is 14.9 Å². The van der Waals surface area contributed by atoms with Crippen LogP contribution in [0, 0.1) is 10.1 Å². The van der Waals surface area contributed by atoms with Gasteiger partial charge < -0.3 is 5.32 Å². The van der Waals surface area contributed by atoms with E-state index in [0.717, 1.165) is 25.7 Å². The highest BCUT2D eigenvalue weighted by Crippen LogP contribution is 2.28. The third-order valence-electron chi connectivity index (χ3n) is 5.85. The molecule has 1 aliphatic heterocycles. The number of sulfonamides is 1. The second-order valence-corrected chi connectivity index (χ2v) is 9.79. The molecule has 0 unspecified atom stereocenters. The molecule has 11 heteroatoms. The van der Waals surface area contributed by atoms with Gasteiger partial charge in [-0.25, -0.2) is 5.01 Å². The Morgan fingerprint density at radius 3 is 2.62 bits per heavy atom. The van der Waals surface area contributed by atoms with Crippen LogP contribution in [0.15, 0.2) is 62.9 Å². The van der Waals surface area contributed by atoms with E-state index in [2.05, 4.69) is 14.8 Å². The first-order valence-electron chi connectivity index (χ1n) is 11.1. The summed E-state index contributed by atoms with van der Waals surface area (Å²) in [5.74, 6) is -0.0802. The average molecular weight is 484 g/mol. The lowest BCUT2D eigenvalue weighted by Crippen LogP contribution is -2.38. The van der Waals surface area contributed by atoms with E-state index < -0.39 is 14.9 Å². The van der Waals surface area contributed by atoms with Crippen molar-refractivity contribution in [3.05, 3.63) is 69.8 Å². The Balaban J connectivity index is 1.60. The number of nitrogens with one attached hydrogen (secondary N) is 1. The van der Waals surface area contributed by atoms with Gasteiger partial charge in [0.05, 0.1) is 23.2 Å². The number of benzene rings is 2. The number of amidine groups is 1. The summed E-state index contributed by atoms with van der Waals surface area (Å²) in [4.78, 5) is 23.5. The minimum atomic E-state index is -3.90. The molecule has 0 atom stereocenters. The molecule has 0 radical (unpaired) electrons. The Kier molecular flexibility index (Phi) is 7.01. The maximum Gasteiger partial charge on any atom is 0.285 e. The smallest absolute Gasteiger partial charge is 0.285 e. The van der Waals surface area contributed by atoms with E-state index >= 15 is 0 Å². The summed E-state index contributed by atoms with van der Waals surface area (Å²) in [6, 6.07) is 12.6. The Morgan fingerprint density at radius 2 is 1.85 bits per heavy atom. The Labute approximate surface area is 197 Å². The van der Waals surface area contributed by atoms with E-state index in [-0.39, 0.29) is 46.9 Å². The molecular formula is C23H25N5O5S. The highest BCUT2D eigenvalue weighted by Gasteiger charge is 2.32. The molecule has 1 N–H and O–H groups in total. The zero-order chi connectivity index (χ0) is 24.1. The lowest BCUT2D eigenvalue weighted by molar-refractivity contribution is -0.385. The molecular weight excluding hydrogens is 458 g/mol. The lowest BCUT2D eigenvalue weighted by Gasteiger charge is -2.24. The molecule has 0 saturated heterocycles. The third-order valence-corrected chi connectivity index (χ3v) is 7.17. The van der Waals surface area contributed by atoms with E-state index in [1.54, 1.807) is 30.3 Å². The number of carbonyl (C=O) groups is 1. The summed E-state index contributed by atoms with van der Waals surface area (Å²) >= 11 is 0. The number of nitro benzene ring substituents is 1. The first kappa shape index (κ1) is 23.6. The number of hydrazone groups is 1. The highest BCUT2D eigenvalue weighted by atomic mass is 32.2. The standard InChI is InChI=1S/C23H25N5O5S/c29-22(25-18-9-2-1-3-10-18)14-15-27(24-16-17-8-4-6-12-20(17)28(30)31)23-19-11-5-7-13-21(19)34(32,33)26-23/h4-8,11-13,16,18H,1-3,9-10,14-15H2,(H,25,29)/b24-16+. The van der Waals surface area contributed by atoms with Crippen molar-refractivity contribution >= 4 is 33.7 Å². The van der Waals surface area contributed by atoms with Gasteiger partial charge in [0.25, 0.3) is 15.7 Å². The number of para-hydroxylation sites is 1. The number of hydrogen-bond acceptors (Lipinski definition) is 7. The normalized spacial score (nSPS) is 17.2. The van der Waals surface area contributed by atoms with Crippen LogP contribution in [0.5, 0.6) is 0 Å². The molecule has 178 valence electrons. The van der Waals surface area contributed by atoms with Crippen molar-refractivity contribution in [3.63, 3.8) is 0 Å². The van der Waals surface area contributed by atoms with E-state index in [1.165, 1.54) is 35.8 Å². The summed E-state index contributed by atoms with van der Waals surface area (Å²) in [7, 11) is -3.90. The van der Waals surface area contributed by atoms with Gasteiger partial charge in [-0.2, -0.15) is 13.5 Å². The molecule has 1 heterocycles. The molecule has 0 aromatic heterocycles. The molecule has 0 bridgehead atoms. The Bertz CT molecular complexity index is 1250. The van der Waals surface area contributed by atoms with E-state index in [4.69, 9.17) is 0 Å². The molecule has 2 aromatic carbocycles. The lowest BCUT2D eigenvalue weighted by atomic mass is 9.95. The summed E-state index contributed by atoms with van der Waals surface area (Å²) in [6.07, 6.45) is 6.59. The predicted octanol–water partition coefficient (Wildman–Crippen LogP) is 3.22. The van der Waals surface area contributed by atoms with Gasteiger partial charge in [-0.05, 0) is 31.0 Å². The van der Waals surface area contributed by atoms with Crippen molar-refractivity contribution in [3.8, 4) is 0 Å². The topological polar surface area (TPSA) is 134 Å². The van der Waals surface area contributed by atoms with Crippen LogP contribution < -0.4 is 5.32 Å². The molecule has 10 nitrogen and oxygen atoms in total. The van der Waals surface area contributed by atoms with Crippen LogP contribution in [-0.2, 0) is 14.8 Å². The van der Waals surface area contributed by atoms with Crippen LogP contribution in [0.2, 0.25) is 0 Å². The van der Waals surface area contributed by atoms with Crippen molar-refractivity contribution in [1.82, 2.24) is 10.3 Å². The molecule has 2 aliphatic rings. The van der Waals surface area contributed by atoms with Crippen LogP contribution >= 0.6 is 0 Å². The fraction of sp³-hybridized carbons (Fsp3) is 0.348. The number of carbonyl (C=O) groups excluding carboxylic acids is 1. The van der Waals surface area contributed by atoms with Gasteiger partial charge in [-0.1, -0.05) is 43.5 Å². The zero-order valence-electron chi connectivity index (χ0n) is 18.5. The van der Waals surface area contributed by atoms with Crippen molar-refractivity contribution < 1.29 is 18.1 Å². The molecule has 1 fully saturated rings. The summed E-state index contributed by atoms with van der Waals surface area (Å²) in [5.41, 5.74) is 0.483. The maximum atomic E-state index is 12.6. The number of rotatable bonds is 7. The number of amides is 1. The quantitative estimate of drug-likeness (QED) is 0.365. The largest absolute Gasteiger partial charge is 0.353 e. The fourth-order valence-electron chi connectivity index (χ4n) is 4.14. The summed E-state index contributed by atoms with van der Waals surface area (Å²) in [6.45, 7) is 0.0539. The van der Waals surface area contributed by atoms with Crippen molar-refractivity contribution in [1.29, 1.82) is 0 Å². The van der Waals surface area contributed by atoms with Crippen LogP contribution in [0.3, 0.4) is 0 Å². The monoisotopic (exact) mass is 483 g/mol. The van der Waals surface area contributed by atoms with Gasteiger partial charge in [0, 0.05) is 24.1 Å². The van der Waals surface area contributed by atoms with Crippen LogP contribution in [-0.4, -0.2) is 48.9 Å². The SMILES string of the molecule is O=C(CCN(/N=C/c1ccccc1[N+](=O)[O-])C1=NS(=O)(=O)c2ccccc21)NC1CCCCC1. The number of nitrogens with zero attached hydrogens (tertiary/aromatic N) is 4. The highest BCUT2D eigenvalue weighted by molar-refractivity contribution is 7.90. The van der Waals surface area contributed by atoms with Gasteiger partial charge in [0.1, 0.15) is 4.90 Å². The van der Waals surface area contributed by atoms with Gasteiger partial charge in [0.15, 0.2) is 5.84 Å². The molecule has 2 aromatic rings. The summed E-state index contributed by atoms with van der Waals surface area (Å²) < 4.78 is 29.0. The Morgan fingerprint density at radius 1 is 1.15 bits per heavy atom. The van der Waals surface area contributed by atoms with Crippen LogP contribution in [0.25, 0.3) is 0 Å². The van der Waals surface area contributed by atoms with Crippen LogP contribution in [0.1, 0.15) is 49.7 Å². The first-order chi connectivity index (χ1) is 16.3. The van der Waals surface area contributed by atoms with Crippen LogP contribution in [0.4, 0.5) is 5.69 Å². The van der Waals surface area contributed by atoms with Crippen molar-refractivity contribution in [2.75, 3.05) is 6.54 Å². The second-order valence-electron chi connectivity index (χ2n) is 8.22. The average Bonchev–Trinajstić information content (AvgIpc) is 3.11. The minimum Gasteiger partial charge on any atom is -0.353 e. The second kappa shape index (κ2) is 10.1. The maximum absolute atomic E-state index is 12.6. The van der Waals surface area contributed by atoms with Gasteiger partial charge in [-0.15, -0.1) is 4.40 Å². The molecule has 0 spiro atoms. The van der Waals surface area contributed by atoms with Gasteiger partial charge >= 0.3 is 0 Å². The van der Waals surface area contributed by atoms with Crippen molar-refractivity contribution in [2.45, 2.75) is 49.5 Å².